The number of hydrogen-bond donors (Lipinski definition) is 1. The van der Waals surface area contributed by atoms with Gasteiger partial charge in [0.05, 0.1) is 20.9 Å². The Bertz CT molecular complexity index is 1220. The van der Waals surface area contributed by atoms with Gasteiger partial charge in [0.1, 0.15) is 11.2 Å². The maximum atomic E-state index is 13.6. The van der Waals surface area contributed by atoms with E-state index in [4.69, 9.17) is 11.6 Å². The SMILES string of the molecule is C[C@@H]1CC(S(=O)(=O)c2ccc(OCC(F)(F)F)cc2Cl)CN1C(=O)C1(c2ccc(Br)cn2)CNC1. The normalized spacial score (nSPS) is 22.1. The van der Waals surface area contributed by atoms with E-state index in [9.17, 15) is 26.4 Å². The molecule has 190 valence electrons. The molecule has 0 saturated carbocycles. The fourth-order valence-corrected chi connectivity index (χ4v) is 6.95. The zero-order valence-electron chi connectivity index (χ0n) is 18.5. The van der Waals surface area contributed by atoms with Crippen LogP contribution in [0, 0.1) is 0 Å². The summed E-state index contributed by atoms with van der Waals surface area (Å²) in [6, 6.07) is 6.57. The Balaban J connectivity index is 1.53. The minimum atomic E-state index is -4.54. The lowest BCUT2D eigenvalue weighted by atomic mass is 9.76. The molecule has 1 aromatic heterocycles. The molecule has 3 heterocycles. The second-order valence-corrected chi connectivity index (χ2v) is 12.3. The largest absolute Gasteiger partial charge is 0.484 e. The van der Waals surface area contributed by atoms with Crippen molar-refractivity contribution >= 4 is 43.3 Å². The zero-order chi connectivity index (χ0) is 25.6. The highest BCUT2D eigenvalue weighted by molar-refractivity contribution is 9.10. The van der Waals surface area contributed by atoms with Crippen LogP contribution in [0.25, 0.3) is 0 Å². The summed E-state index contributed by atoms with van der Waals surface area (Å²) in [5.41, 5.74) is -0.261. The molecular formula is C22H22BrClF3N3O4S. The molecule has 1 N–H and O–H groups in total. The molecule has 7 nitrogen and oxygen atoms in total. The molecule has 0 bridgehead atoms. The number of rotatable bonds is 6. The topological polar surface area (TPSA) is 88.6 Å². The number of carbonyl (C=O) groups excluding carboxylic acids is 1. The monoisotopic (exact) mass is 595 g/mol. The molecule has 0 radical (unpaired) electrons. The van der Waals surface area contributed by atoms with E-state index < -0.39 is 33.3 Å². The Morgan fingerprint density at radius 3 is 2.57 bits per heavy atom. The minimum absolute atomic E-state index is 0.0245. The van der Waals surface area contributed by atoms with Gasteiger partial charge in [-0.1, -0.05) is 11.6 Å². The Morgan fingerprint density at radius 1 is 1.31 bits per heavy atom. The number of nitrogens with one attached hydrogen (secondary N) is 1. The average molecular weight is 597 g/mol. The Hall–Kier alpha value is -1.89. The van der Waals surface area contributed by atoms with Crippen molar-refractivity contribution in [3.05, 3.63) is 51.7 Å². The number of carbonyl (C=O) groups is 1. The molecule has 2 aliphatic heterocycles. The number of nitrogens with zero attached hydrogens (tertiary/aromatic N) is 2. The molecule has 1 amide bonds. The standard InChI is InChI=1S/C22H22BrClF3N3O4S/c1-13-6-16(35(32,33)18-4-3-15(7-17(18)24)34-12-22(25,26)27)9-30(13)20(31)21(10-28-11-21)19-5-2-14(23)8-29-19/h2-5,7-8,13,16,28H,6,9-12H2,1H3/t13-,16?/m1/s1. The molecule has 35 heavy (non-hydrogen) atoms. The van der Waals surface area contributed by atoms with Crippen LogP contribution in [0.5, 0.6) is 5.75 Å². The van der Waals surface area contributed by atoms with E-state index >= 15 is 0 Å². The van der Waals surface area contributed by atoms with Crippen molar-refractivity contribution in [2.45, 2.75) is 41.1 Å². The van der Waals surface area contributed by atoms with Crippen molar-refractivity contribution in [1.82, 2.24) is 15.2 Å². The summed E-state index contributed by atoms with van der Waals surface area (Å²) in [5, 5.41) is 1.97. The highest BCUT2D eigenvalue weighted by Crippen LogP contribution is 2.37. The van der Waals surface area contributed by atoms with Crippen molar-refractivity contribution in [2.75, 3.05) is 26.2 Å². The summed E-state index contributed by atoms with van der Waals surface area (Å²) >= 11 is 9.47. The van der Waals surface area contributed by atoms with Crippen LogP contribution in [0.15, 0.2) is 45.9 Å². The quantitative estimate of drug-likeness (QED) is 0.547. The van der Waals surface area contributed by atoms with Gasteiger partial charge in [-0.15, -0.1) is 0 Å². The maximum Gasteiger partial charge on any atom is 0.422 e. The second kappa shape index (κ2) is 9.53. The minimum Gasteiger partial charge on any atom is -0.484 e. The number of sulfone groups is 1. The highest BCUT2D eigenvalue weighted by atomic mass is 79.9. The number of ether oxygens (including phenoxy) is 1. The van der Waals surface area contributed by atoms with Gasteiger partial charge in [-0.25, -0.2) is 8.42 Å². The molecule has 2 atom stereocenters. The molecule has 1 unspecified atom stereocenters. The fraction of sp³-hybridized carbons (Fsp3) is 0.455. The van der Waals surface area contributed by atoms with Crippen LogP contribution >= 0.6 is 27.5 Å². The summed E-state index contributed by atoms with van der Waals surface area (Å²) in [5.74, 6) is -0.387. The number of halogens is 5. The van der Waals surface area contributed by atoms with Gasteiger partial charge in [0.2, 0.25) is 5.91 Å². The first-order valence-corrected chi connectivity index (χ1v) is 13.4. The fourth-order valence-electron chi connectivity index (χ4n) is 4.39. The Labute approximate surface area is 214 Å². The van der Waals surface area contributed by atoms with Crippen LogP contribution < -0.4 is 10.1 Å². The molecular weight excluding hydrogens is 575 g/mol. The summed E-state index contributed by atoms with van der Waals surface area (Å²) in [4.78, 5) is 19.4. The number of amides is 1. The number of pyridine rings is 1. The first-order valence-electron chi connectivity index (χ1n) is 10.7. The van der Waals surface area contributed by atoms with Gasteiger partial charge >= 0.3 is 6.18 Å². The van der Waals surface area contributed by atoms with E-state index in [2.05, 4.69) is 31.0 Å². The lowest BCUT2D eigenvalue weighted by Crippen LogP contribution is -2.66. The third-order valence-corrected chi connectivity index (χ3v) is 9.41. The van der Waals surface area contributed by atoms with Crippen LogP contribution in [0.2, 0.25) is 5.02 Å². The van der Waals surface area contributed by atoms with E-state index in [1.54, 1.807) is 30.2 Å². The van der Waals surface area contributed by atoms with Crippen LogP contribution in [0.3, 0.4) is 0 Å². The number of aromatic nitrogens is 1. The van der Waals surface area contributed by atoms with Gasteiger partial charge in [-0.05, 0) is 53.5 Å². The predicted octanol–water partition coefficient (Wildman–Crippen LogP) is 3.74. The number of hydrogen-bond acceptors (Lipinski definition) is 6. The predicted molar refractivity (Wildman–Crippen MR) is 126 cm³/mol. The number of likely N-dealkylation sites (tertiary alicyclic amines) is 1. The van der Waals surface area contributed by atoms with Crippen molar-refractivity contribution in [2.24, 2.45) is 0 Å². The molecule has 13 heteroatoms. The van der Waals surface area contributed by atoms with E-state index in [0.717, 1.165) is 22.7 Å². The lowest BCUT2D eigenvalue weighted by molar-refractivity contribution is -0.153. The van der Waals surface area contributed by atoms with E-state index in [0.29, 0.717) is 18.8 Å². The van der Waals surface area contributed by atoms with E-state index in [1.165, 1.54) is 0 Å². The van der Waals surface area contributed by atoms with Crippen molar-refractivity contribution < 1.29 is 31.1 Å². The first kappa shape index (κ1) is 26.2. The lowest BCUT2D eigenvalue weighted by Gasteiger charge is -2.43. The van der Waals surface area contributed by atoms with Crippen LogP contribution in [-0.2, 0) is 20.0 Å². The first-order chi connectivity index (χ1) is 16.3. The van der Waals surface area contributed by atoms with E-state index in [1.807, 2.05) is 0 Å². The molecule has 0 aliphatic carbocycles. The van der Waals surface area contributed by atoms with Gasteiger partial charge in [0.25, 0.3) is 0 Å². The van der Waals surface area contributed by atoms with Gasteiger partial charge in [0, 0.05) is 42.4 Å². The third-order valence-electron chi connectivity index (χ3n) is 6.33. The van der Waals surface area contributed by atoms with Crippen molar-refractivity contribution in [3.63, 3.8) is 0 Å². The van der Waals surface area contributed by atoms with Gasteiger partial charge in [0.15, 0.2) is 16.4 Å². The maximum absolute atomic E-state index is 13.6. The van der Waals surface area contributed by atoms with Crippen LogP contribution in [0.1, 0.15) is 19.0 Å². The summed E-state index contributed by atoms with van der Waals surface area (Å²) in [6.07, 6.45) is -2.71. The van der Waals surface area contributed by atoms with Crippen molar-refractivity contribution in [1.29, 1.82) is 0 Å². The van der Waals surface area contributed by atoms with Crippen molar-refractivity contribution in [3.8, 4) is 5.75 Å². The highest BCUT2D eigenvalue weighted by Gasteiger charge is 2.52. The molecule has 0 spiro atoms. The Kier molecular flexibility index (Phi) is 7.13. The second-order valence-electron chi connectivity index (χ2n) is 8.75. The van der Waals surface area contributed by atoms with Gasteiger partial charge in [-0.3, -0.25) is 9.78 Å². The average Bonchev–Trinajstić information content (AvgIpc) is 3.14. The molecule has 2 aliphatic rings. The van der Waals surface area contributed by atoms with Crippen LogP contribution in [0.4, 0.5) is 13.2 Å². The molecule has 2 saturated heterocycles. The molecule has 4 rings (SSSR count). The van der Waals surface area contributed by atoms with Gasteiger partial charge < -0.3 is 15.0 Å². The number of alkyl halides is 3. The summed E-state index contributed by atoms with van der Waals surface area (Å²) in [7, 11) is -3.97. The van der Waals surface area contributed by atoms with Gasteiger partial charge in [-0.2, -0.15) is 13.2 Å². The number of benzene rings is 1. The molecule has 2 aromatic rings. The molecule has 2 fully saturated rings. The summed E-state index contributed by atoms with van der Waals surface area (Å²) in [6.45, 7) is 1.04. The van der Waals surface area contributed by atoms with Crippen LogP contribution in [-0.4, -0.2) is 67.9 Å². The smallest absolute Gasteiger partial charge is 0.422 e. The zero-order valence-corrected chi connectivity index (χ0v) is 21.6. The molecule has 1 aromatic carbocycles. The summed E-state index contributed by atoms with van der Waals surface area (Å²) < 4.78 is 69.3. The Morgan fingerprint density at radius 2 is 2.03 bits per heavy atom. The third kappa shape index (κ3) is 5.16. The van der Waals surface area contributed by atoms with E-state index in [-0.39, 0.29) is 40.6 Å².